The molecule has 0 aliphatic rings. The van der Waals surface area contributed by atoms with Gasteiger partial charge in [-0.05, 0) is 49.3 Å². The van der Waals surface area contributed by atoms with E-state index < -0.39 is 0 Å². The summed E-state index contributed by atoms with van der Waals surface area (Å²) < 4.78 is 1.08. The van der Waals surface area contributed by atoms with E-state index in [-0.39, 0.29) is 6.61 Å². The van der Waals surface area contributed by atoms with Crippen molar-refractivity contribution in [3.05, 3.63) is 34.3 Å². The van der Waals surface area contributed by atoms with Crippen LogP contribution in [0.1, 0.15) is 39.2 Å². The van der Waals surface area contributed by atoms with E-state index in [2.05, 4.69) is 64.5 Å². The minimum absolute atomic E-state index is 0.242. The molecule has 0 aromatic heterocycles. The second-order valence-electron chi connectivity index (χ2n) is 6.21. The number of aliphatic hydroxyl groups is 1. The van der Waals surface area contributed by atoms with Crippen molar-refractivity contribution in [2.75, 3.05) is 19.7 Å². The molecule has 3 N–H and O–H groups in total. The lowest BCUT2D eigenvalue weighted by atomic mass is 9.94. The molecule has 5 heteroatoms. The van der Waals surface area contributed by atoms with Gasteiger partial charge in [-0.25, -0.2) is 4.99 Å². The highest BCUT2D eigenvalue weighted by Crippen LogP contribution is 2.14. The monoisotopic (exact) mass is 383 g/mol. The number of hydrogen-bond donors (Lipinski definition) is 3. The van der Waals surface area contributed by atoms with Gasteiger partial charge in [0.2, 0.25) is 0 Å². The SMILES string of the molecule is CCNC(=NCc1ccc(Br)cc1)NCC(CCO)CC(C)C. The first-order valence-electron chi connectivity index (χ1n) is 8.42. The van der Waals surface area contributed by atoms with Gasteiger partial charge in [-0.1, -0.05) is 41.9 Å². The van der Waals surface area contributed by atoms with Gasteiger partial charge in [-0.3, -0.25) is 0 Å². The van der Waals surface area contributed by atoms with Crippen molar-refractivity contribution < 1.29 is 5.11 Å². The molecule has 0 bridgehead atoms. The Balaban J connectivity index is 2.58. The van der Waals surface area contributed by atoms with Gasteiger partial charge in [0.1, 0.15) is 0 Å². The zero-order chi connectivity index (χ0) is 17.1. The van der Waals surface area contributed by atoms with E-state index in [0.29, 0.717) is 18.4 Å². The quantitative estimate of drug-likeness (QED) is 0.451. The van der Waals surface area contributed by atoms with Crippen LogP contribution in [0.4, 0.5) is 0 Å². The van der Waals surface area contributed by atoms with Crippen LogP contribution in [0.25, 0.3) is 0 Å². The van der Waals surface area contributed by atoms with E-state index in [1.165, 1.54) is 5.56 Å². The van der Waals surface area contributed by atoms with Gasteiger partial charge in [0, 0.05) is 24.2 Å². The van der Waals surface area contributed by atoms with E-state index in [1.54, 1.807) is 0 Å². The zero-order valence-corrected chi connectivity index (χ0v) is 16.1. The van der Waals surface area contributed by atoms with Crippen molar-refractivity contribution in [3.8, 4) is 0 Å². The first kappa shape index (κ1) is 20.0. The minimum atomic E-state index is 0.242. The minimum Gasteiger partial charge on any atom is -0.396 e. The predicted octanol–water partition coefficient (Wildman–Crippen LogP) is 3.55. The number of hydrogen-bond acceptors (Lipinski definition) is 2. The third-order valence-electron chi connectivity index (χ3n) is 3.58. The summed E-state index contributed by atoms with van der Waals surface area (Å²) in [6.45, 7) is 9.07. The summed E-state index contributed by atoms with van der Waals surface area (Å²) in [7, 11) is 0. The molecule has 1 unspecified atom stereocenters. The van der Waals surface area contributed by atoms with Gasteiger partial charge in [0.05, 0.1) is 6.54 Å². The van der Waals surface area contributed by atoms with Crippen LogP contribution >= 0.6 is 15.9 Å². The van der Waals surface area contributed by atoms with Crippen LogP contribution in [-0.2, 0) is 6.54 Å². The maximum Gasteiger partial charge on any atom is 0.191 e. The van der Waals surface area contributed by atoms with Gasteiger partial charge >= 0.3 is 0 Å². The second kappa shape index (κ2) is 11.5. The maximum absolute atomic E-state index is 9.22. The van der Waals surface area contributed by atoms with Crippen molar-refractivity contribution >= 4 is 21.9 Å². The molecule has 23 heavy (non-hydrogen) atoms. The number of aliphatic imine (C=N–C) groups is 1. The fourth-order valence-corrected chi connectivity index (χ4v) is 2.76. The van der Waals surface area contributed by atoms with Gasteiger partial charge in [-0.2, -0.15) is 0 Å². The molecule has 4 nitrogen and oxygen atoms in total. The molecule has 0 aliphatic heterocycles. The summed E-state index contributed by atoms with van der Waals surface area (Å²) in [6.07, 6.45) is 1.94. The van der Waals surface area contributed by atoms with E-state index in [9.17, 15) is 5.11 Å². The Hall–Kier alpha value is -1.07. The topological polar surface area (TPSA) is 56.7 Å². The summed E-state index contributed by atoms with van der Waals surface area (Å²) in [4.78, 5) is 4.64. The molecule has 0 amide bonds. The number of nitrogens with one attached hydrogen (secondary N) is 2. The Bertz CT molecular complexity index is 460. The Morgan fingerprint density at radius 3 is 2.48 bits per heavy atom. The van der Waals surface area contributed by atoms with Crippen LogP contribution < -0.4 is 10.6 Å². The maximum atomic E-state index is 9.22. The molecule has 0 aliphatic carbocycles. The molecule has 130 valence electrons. The van der Waals surface area contributed by atoms with E-state index in [0.717, 1.165) is 36.4 Å². The highest BCUT2D eigenvalue weighted by Gasteiger charge is 2.11. The lowest BCUT2D eigenvalue weighted by molar-refractivity contribution is 0.243. The number of guanidine groups is 1. The Morgan fingerprint density at radius 1 is 1.22 bits per heavy atom. The van der Waals surface area contributed by atoms with Crippen LogP contribution in [0, 0.1) is 11.8 Å². The average Bonchev–Trinajstić information content (AvgIpc) is 2.51. The van der Waals surface area contributed by atoms with Crippen LogP contribution in [0.5, 0.6) is 0 Å². The van der Waals surface area contributed by atoms with Crippen LogP contribution in [0.2, 0.25) is 0 Å². The van der Waals surface area contributed by atoms with E-state index in [4.69, 9.17) is 0 Å². The van der Waals surface area contributed by atoms with E-state index in [1.807, 2.05) is 12.1 Å². The fourth-order valence-electron chi connectivity index (χ4n) is 2.50. The van der Waals surface area contributed by atoms with Crippen molar-refractivity contribution in [3.63, 3.8) is 0 Å². The van der Waals surface area contributed by atoms with Crippen molar-refractivity contribution in [1.29, 1.82) is 0 Å². The second-order valence-corrected chi connectivity index (χ2v) is 7.13. The molecule has 0 radical (unpaired) electrons. The third kappa shape index (κ3) is 8.96. The Labute approximate surface area is 148 Å². The van der Waals surface area contributed by atoms with Crippen molar-refractivity contribution in [2.24, 2.45) is 16.8 Å². The van der Waals surface area contributed by atoms with Crippen molar-refractivity contribution in [2.45, 2.75) is 40.2 Å². The number of benzene rings is 1. The summed E-state index contributed by atoms with van der Waals surface area (Å²) in [5, 5.41) is 15.9. The number of rotatable bonds is 9. The van der Waals surface area contributed by atoms with Gasteiger partial charge < -0.3 is 15.7 Å². The van der Waals surface area contributed by atoms with Crippen LogP contribution in [0.15, 0.2) is 33.7 Å². The fraction of sp³-hybridized carbons (Fsp3) is 0.611. The molecular weight excluding hydrogens is 354 g/mol. The lowest BCUT2D eigenvalue weighted by Gasteiger charge is -2.20. The molecular formula is C18H30BrN3O. The molecule has 0 fully saturated rings. The first-order valence-corrected chi connectivity index (χ1v) is 9.21. The molecule has 1 aromatic carbocycles. The largest absolute Gasteiger partial charge is 0.396 e. The van der Waals surface area contributed by atoms with Gasteiger partial charge in [0.15, 0.2) is 5.96 Å². The Kier molecular flexibility index (Phi) is 9.96. The Morgan fingerprint density at radius 2 is 1.91 bits per heavy atom. The standard InChI is InChI=1S/C18H30BrN3O/c1-4-20-18(21-12-15-5-7-17(19)8-6-15)22-13-16(9-10-23)11-14(2)3/h5-8,14,16,23H,4,9-13H2,1-3H3,(H2,20,21,22). The predicted molar refractivity (Wildman–Crippen MR) is 102 cm³/mol. The van der Waals surface area contributed by atoms with E-state index >= 15 is 0 Å². The number of aliphatic hydroxyl groups excluding tert-OH is 1. The molecule has 0 saturated heterocycles. The number of halogens is 1. The molecule has 1 rings (SSSR count). The molecule has 1 aromatic rings. The number of nitrogens with zero attached hydrogens (tertiary/aromatic N) is 1. The summed E-state index contributed by atoms with van der Waals surface area (Å²) in [6, 6.07) is 8.21. The average molecular weight is 384 g/mol. The van der Waals surface area contributed by atoms with Crippen LogP contribution in [-0.4, -0.2) is 30.8 Å². The van der Waals surface area contributed by atoms with Crippen molar-refractivity contribution in [1.82, 2.24) is 10.6 Å². The molecule has 0 heterocycles. The molecule has 0 spiro atoms. The highest BCUT2D eigenvalue weighted by molar-refractivity contribution is 9.10. The summed E-state index contributed by atoms with van der Waals surface area (Å²) >= 11 is 3.44. The summed E-state index contributed by atoms with van der Waals surface area (Å²) in [5.74, 6) is 1.94. The van der Waals surface area contributed by atoms with Gasteiger partial charge in [0.25, 0.3) is 0 Å². The highest BCUT2D eigenvalue weighted by atomic mass is 79.9. The lowest BCUT2D eigenvalue weighted by Crippen LogP contribution is -2.40. The zero-order valence-electron chi connectivity index (χ0n) is 14.5. The third-order valence-corrected chi connectivity index (χ3v) is 4.11. The summed E-state index contributed by atoms with van der Waals surface area (Å²) in [5.41, 5.74) is 1.18. The van der Waals surface area contributed by atoms with Crippen LogP contribution in [0.3, 0.4) is 0 Å². The smallest absolute Gasteiger partial charge is 0.191 e. The molecule has 0 saturated carbocycles. The molecule has 1 atom stereocenters. The normalized spacial score (nSPS) is 13.2. The first-order chi connectivity index (χ1) is 11.0. The van der Waals surface area contributed by atoms with Gasteiger partial charge in [-0.15, -0.1) is 0 Å².